The first-order valence-corrected chi connectivity index (χ1v) is 7.27. The van der Waals surface area contributed by atoms with Crippen LogP contribution in [0.4, 0.5) is 5.82 Å². The molecule has 0 aliphatic heterocycles. The number of benzene rings is 1. The maximum absolute atomic E-state index is 5.92. The molecule has 100 valence electrons. The molecule has 0 fully saturated rings. The topological polar surface area (TPSA) is 61.0 Å². The molecule has 1 aromatic heterocycles. The van der Waals surface area contributed by atoms with Crippen molar-refractivity contribution < 1.29 is 4.74 Å². The fraction of sp³-hybridized carbons (Fsp3) is 0.286. The number of hydrogen-bond acceptors (Lipinski definition) is 5. The van der Waals surface area contributed by atoms with Crippen molar-refractivity contribution in [2.24, 2.45) is 0 Å². The van der Waals surface area contributed by atoms with Crippen molar-refractivity contribution in [2.45, 2.75) is 24.7 Å². The lowest BCUT2D eigenvalue weighted by Gasteiger charge is -2.15. The summed E-state index contributed by atoms with van der Waals surface area (Å²) in [5.74, 6) is 2.00. The van der Waals surface area contributed by atoms with E-state index in [1.54, 1.807) is 11.8 Å². The second-order valence-corrected chi connectivity index (χ2v) is 5.23. The molecule has 2 aromatic rings. The van der Waals surface area contributed by atoms with Gasteiger partial charge in [-0.2, -0.15) is 0 Å². The first kappa shape index (κ1) is 13.7. The second kappa shape index (κ2) is 5.93. The number of rotatable bonds is 4. The summed E-state index contributed by atoms with van der Waals surface area (Å²) in [6.07, 6.45) is 3.44. The van der Waals surface area contributed by atoms with E-state index in [0.717, 1.165) is 16.2 Å². The molecule has 5 heteroatoms. The van der Waals surface area contributed by atoms with Crippen molar-refractivity contribution in [3.8, 4) is 11.6 Å². The van der Waals surface area contributed by atoms with Gasteiger partial charge < -0.3 is 10.5 Å². The van der Waals surface area contributed by atoms with Crippen LogP contribution in [0.5, 0.6) is 11.6 Å². The lowest BCUT2D eigenvalue weighted by Crippen LogP contribution is -2.04. The highest BCUT2D eigenvalue weighted by atomic mass is 32.2. The number of para-hydroxylation sites is 1. The molecule has 0 radical (unpaired) electrons. The van der Waals surface area contributed by atoms with Crippen molar-refractivity contribution in [2.75, 3.05) is 12.0 Å². The predicted molar refractivity (Wildman–Crippen MR) is 78.8 cm³/mol. The van der Waals surface area contributed by atoms with Gasteiger partial charge in [-0.05, 0) is 24.3 Å². The van der Waals surface area contributed by atoms with Crippen LogP contribution in [0, 0.1) is 0 Å². The van der Waals surface area contributed by atoms with Gasteiger partial charge in [0.15, 0.2) is 0 Å². The normalized spacial score (nSPS) is 10.7. The lowest BCUT2D eigenvalue weighted by atomic mass is 10.1. The zero-order chi connectivity index (χ0) is 13.8. The minimum atomic E-state index is 0.206. The molecular formula is C14H17N3OS. The van der Waals surface area contributed by atoms with E-state index in [1.807, 2.05) is 44.4 Å². The average molecular weight is 275 g/mol. The van der Waals surface area contributed by atoms with Crippen LogP contribution in [0.15, 0.2) is 35.5 Å². The zero-order valence-electron chi connectivity index (χ0n) is 11.3. The number of anilines is 1. The predicted octanol–water partition coefficient (Wildman–Crippen LogP) is 3.70. The number of ether oxygens (including phenoxy) is 1. The van der Waals surface area contributed by atoms with E-state index in [0.29, 0.717) is 11.7 Å². The quantitative estimate of drug-likeness (QED) is 0.862. The molecule has 0 aliphatic rings. The third kappa shape index (κ3) is 2.98. The van der Waals surface area contributed by atoms with Gasteiger partial charge in [0, 0.05) is 4.90 Å². The average Bonchev–Trinajstić information content (AvgIpc) is 2.39. The molecule has 1 aromatic carbocycles. The van der Waals surface area contributed by atoms with Crippen LogP contribution in [0.3, 0.4) is 0 Å². The summed E-state index contributed by atoms with van der Waals surface area (Å²) >= 11 is 1.63. The summed E-state index contributed by atoms with van der Waals surface area (Å²) < 4.78 is 5.92. The van der Waals surface area contributed by atoms with E-state index >= 15 is 0 Å². The highest BCUT2D eigenvalue weighted by Crippen LogP contribution is 2.35. The van der Waals surface area contributed by atoms with Gasteiger partial charge in [0.2, 0.25) is 5.88 Å². The molecular weight excluding hydrogens is 258 g/mol. The molecule has 19 heavy (non-hydrogen) atoms. The SMILES string of the molecule is CSc1ccccc1Oc1ncnc(N)c1C(C)C. The van der Waals surface area contributed by atoms with E-state index in [-0.39, 0.29) is 5.92 Å². The van der Waals surface area contributed by atoms with Gasteiger partial charge >= 0.3 is 0 Å². The van der Waals surface area contributed by atoms with E-state index in [1.165, 1.54) is 6.33 Å². The van der Waals surface area contributed by atoms with Crippen molar-refractivity contribution in [1.82, 2.24) is 9.97 Å². The van der Waals surface area contributed by atoms with Gasteiger partial charge in [-0.15, -0.1) is 11.8 Å². The van der Waals surface area contributed by atoms with Crippen LogP contribution in [-0.2, 0) is 0 Å². The van der Waals surface area contributed by atoms with Gasteiger partial charge in [0.05, 0.1) is 5.56 Å². The van der Waals surface area contributed by atoms with E-state index in [9.17, 15) is 0 Å². The van der Waals surface area contributed by atoms with Gasteiger partial charge in [-0.3, -0.25) is 0 Å². The molecule has 1 heterocycles. The van der Waals surface area contributed by atoms with Gasteiger partial charge in [-0.1, -0.05) is 26.0 Å². The Bertz CT molecular complexity index is 572. The summed E-state index contributed by atoms with van der Waals surface area (Å²) in [4.78, 5) is 9.30. The summed E-state index contributed by atoms with van der Waals surface area (Å²) in [6.45, 7) is 4.09. The second-order valence-electron chi connectivity index (χ2n) is 4.39. The Balaban J connectivity index is 2.41. The fourth-order valence-corrected chi connectivity index (χ4v) is 2.35. The van der Waals surface area contributed by atoms with Gasteiger partial charge in [0.1, 0.15) is 17.9 Å². The van der Waals surface area contributed by atoms with E-state index in [2.05, 4.69) is 9.97 Å². The van der Waals surface area contributed by atoms with Crippen LogP contribution < -0.4 is 10.5 Å². The van der Waals surface area contributed by atoms with Crippen molar-refractivity contribution in [3.05, 3.63) is 36.2 Å². The highest BCUT2D eigenvalue weighted by molar-refractivity contribution is 7.98. The van der Waals surface area contributed by atoms with E-state index in [4.69, 9.17) is 10.5 Å². The standard InChI is InChI=1S/C14H17N3OS/c1-9(2)12-13(15)16-8-17-14(12)18-10-6-4-5-7-11(10)19-3/h4-9H,1-3H3,(H2,15,16,17). The Morgan fingerprint density at radius 1 is 1.21 bits per heavy atom. The van der Waals surface area contributed by atoms with Crippen LogP contribution >= 0.6 is 11.8 Å². The minimum Gasteiger partial charge on any atom is -0.437 e. The number of aromatic nitrogens is 2. The number of thioether (sulfide) groups is 1. The molecule has 0 saturated carbocycles. The first-order chi connectivity index (χ1) is 9.13. The van der Waals surface area contributed by atoms with Crippen molar-refractivity contribution in [1.29, 1.82) is 0 Å². The summed E-state index contributed by atoms with van der Waals surface area (Å²) in [6, 6.07) is 7.86. The third-order valence-electron chi connectivity index (χ3n) is 2.73. The molecule has 0 atom stereocenters. The van der Waals surface area contributed by atoms with Crippen molar-refractivity contribution in [3.63, 3.8) is 0 Å². The number of hydrogen-bond donors (Lipinski definition) is 1. The Kier molecular flexibility index (Phi) is 4.27. The maximum Gasteiger partial charge on any atom is 0.227 e. The molecule has 4 nitrogen and oxygen atoms in total. The van der Waals surface area contributed by atoms with E-state index < -0.39 is 0 Å². The molecule has 0 aliphatic carbocycles. The summed E-state index contributed by atoms with van der Waals surface area (Å²) in [5.41, 5.74) is 6.76. The smallest absolute Gasteiger partial charge is 0.227 e. The molecule has 0 bridgehead atoms. The van der Waals surface area contributed by atoms with Crippen LogP contribution in [-0.4, -0.2) is 16.2 Å². The number of nitrogen functional groups attached to an aromatic ring is 1. The first-order valence-electron chi connectivity index (χ1n) is 6.04. The Hall–Kier alpha value is -1.75. The zero-order valence-corrected chi connectivity index (χ0v) is 12.1. The maximum atomic E-state index is 5.92. The van der Waals surface area contributed by atoms with Crippen LogP contribution in [0.2, 0.25) is 0 Å². The fourth-order valence-electron chi connectivity index (χ4n) is 1.82. The molecule has 2 N–H and O–H groups in total. The van der Waals surface area contributed by atoms with Gasteiger partial charge in [-0.25, -0.2) is 9.97 Å². The Labute approximate surface area is 117 Å². The third-order valence-corrected chi connectivity index (χ3v) is 3.51. The monoisotopic (exact) mass is 275 g/mol. The molecule has 0 saturated heterocycles. The summed E-state index contributed by atoms with van der Waals surface area (Å²) in [7, 11) is 0. The minimum absolute atomic E-state index is 0.206. The number of nitrogens with two attached hydrogens (primary N) is 1. The Morgan fingerprint density at radius 2 is 1.95 bits per heavy atom. The molecule has 0 amide bonds. The number of nitrogens with zero attached hydrogens (tertiary/aromatic N) is 2. The van der Waals surface area contributed by atoms with Gasteiger partial charge in [0.25, 0.3) is 0 Å². The molecule has 0 spiro atoms. The molecule has 0 unspecified atom stereocenters. The Morgan fingerprint density at radius 3 is 2.63 bits per heavy atom. The van der Waals surface area contributed by atoms with Crippen molar-refractivity contribution >= 4 is 17.6 Å². The highest BCUT2D eigenvalue weighted by Gasteiger charge is 2.15. The van der Waals surface area contributed by atoms with Crippen LogP contribution in [0.25, 0.3) is 0 Å². The molecule has 2 rings (SSSR count). The summed E-state index contributed by atoms with van der Waals surface area (Å²) in [5, 5.41) is 0. The largest absolute Gasteiger partial charge is 0.437 e. The van der Waals surface area contributed by atoms with Crippen LogP contribution in [0.1, 0.15) is 25.3 Å². The lowest BCUT2D eigenvalue weighted by molar-refractivity contribution is 0.442.